The van der Waals surface area contributed by atoms with E-state index in [0.29, 0.717) is 0 Å². The van der Waals surface area contributed by atoms with Gasteiger partial charge in [0.2, 0.25) is 0 Å². The van der Waals surface area contributed by atoms with E-state index in [1.807, 2.05) is 0 Å². The fourth-order valence-corrected chi connectivity index (χ4v) is 8.52. The van der Waals surface area contributed by atoms with E-state index in [0.717, 1.165) is 17.1 Å². The van der Waals surface area contributed by atoms with Crippen LogP contribution in [0.2, 0.25) is 0 Å². The summed E-state index contributed by atoms with van der Waals surface area (Å²) in [6.45, 7) is 4.77. The minimum atomic E-state index is -0.175. The van der Waals surface area contributed by atoms with Crippen molar-refractivity contribution in [2.75, 3.05) is 4.90 Å². The third kappa shape index (κ3) is 4.85. The fourth-order valence-electron chi connectivity index (χ4n) is 8.52. The first kappa shape index (κ1) is 30.4. The molecule has 0 radical (unpaired) electrons. The Morgan fingerprint density at radius 2 is 0.885 bits per heavy atom. The van der Waals surface area contributed by atoms with Crippen molar-refractivity contribution in [2.45, 2.75) is 19.3 Å². The highest BCUT2D eigenvalue weighted by Gasteiger charge is 2.36. The van der Waals surface area contributed by atoms with Gasteiger partial charge < -0.3 is 4.90 Å². The van der Waals surface area contributed by atoms with Gasteiger partial charge in [-0.1, -0.05) is 147 Å². The first-order valence-corrected chi connectivity index (χ1v) is 18.2. The molecule has 0 aromatic heterocycles. The van der Waals surface area contributed by atoms with Crippen molar-refractivity contribution in [3.8, 4) is 33.4 Å². The predicted octanol–water partition coefficient (Wildman–Crippen LogP) is 14.3. The molecule has 1 heteroatoms. The maximum atomic E-state index is 2.45. The highest BCUT2D eigenvalue weighted by atomic mass is 15.1. The topological polar surface area (TPSA) is 3.24 Å². The Balaban J connectivity index is 1.05. The molecule has 9 aromatic rings. The van der Waals surface area contributed by atoms with Crippen LogP contribution in [-0.2, 0) is 5.41 Å². The Labute approximate surface area is 305 Å². The average Bonchev–Trinajstić information content (AvgIpc) is 3.43. The van der Waals surface area contributed by atoms with Crippen LogP contribution in [0.3, 0.4) is 0 Å². The molecule has 1 aliphatic carbocycles. The second-order valence-corrected chi connectivity index (χ2v) is 14.6. The molecular formula is C51H37N. The van der Waals surface area contributed by atoms with E-state index in [1.165, 1.54) is 76.8 Å². The van der Waals surface area contributed by atoms with Crippen LogP contribution in [0.1, 0.15) is 25.0 Å². The molecule has 0 atom stereocenters. The number of fused-ring (bicyclic) bond motifs is 7. The van der Waals surface area contributed by atoms with E-state index in [-0.39, 0.29) is 5.41 Å². The molecule has 0 fully saturated rings. The molecule has 0 spiro atoms. The smallest absolute Gasteiger partial charge is 0.0465 e. The standard InChI is InChI=1S/C51H37N/c1-51(2)49-32-39(48-31-38-14-8-9-17-43(38)44-18-10-11-19-45(44)48)24-28-46(49)47-29-27-42(33-50(47)51)52(40-15-4-3-5-16-40)41-25-22-35(23-26-41)37-21-20-34-12-6-7-13-36(34)30-37/h3-33H,1-2H3. The van der Waals surface area contributed by atoms with Crippen LogP contribution in [0, 0.1) is 0 Å². The molecule has 9 aromatic carbocycles. The van der Waals surface area contributed by atoms with Crippen LogP contribution in [0.5, 0.6) is 0 Å². The first-order valence-electron chi connectivity index (χ1n) is 18.2. The van der Waals surface area contributed by atoms with Gasteiger partial charge >= 0.3 is 0 Å². The molecule has 1 nitrogen and oxygen atoms in total. The van der Waals surface area contributed by atoms with Gasteiger partial charge in [0.05, 0.1) is 0 Å². The number of hydrogen-bond donors (Lipinski definition) is 0. The number of hydrogen-bond acceptors (Lipinski definition) is 1. The molecule has 52 heavy (non-hydrogen) atoms. The van der Waals surface area contributed by atoms with Crippen LogP contribution in [0.25, 0.3) is 65.7 Å². The molecule has 246 valence electrons. The third-order valence-corrected chi connectivity index (χ3v) is 11.2. The van der Waals surface area contributed by atoms with Crippen molar-refractivity contribution in [3.05, 3.63) is 199 Å². The highest BCUT2D eigenvalue weighted by molar-refractivity contribution is 6.14. The molecule has 0 amide bonds. The Morgan fingerprint density at radius 3 is 1.67 bits per heavy atom. The molecule has 0 bridgehead atoms. The Morgan fingerprint density at radius 1 is 0.327 bits per heavy atom. The van der Waals surface area contributed by atoms with Gasteiger partial charge in [-0.2, -0.15) is 0 Å². The van der Waals surface area contributed by atoms with Crippen molar-refractivity contribution in [2.24, 2.45) is 0 Å². The van der Waals surface area contributed by atoms with E-state index in [4.69, 9.17) is 0 Å². The average molecular weight is 664 g/mol. The van der Waals surface area contributed by atoms with Crippen molar-refractivity contribution in [3.63, 3.8) is 0 Å². The summed E-state index contributed by atoms with van der Waals surface area (Å²) in [7, 11) is 0. The first-order chi connectivity index (χ1) is 25.5. The van der Waals surface area contributed by atoms with Gasteiger partial charge in [0, 0.05) is 22.5 Å². The quantitative estimate of drug-likeness (QED) is 0.166. The lowest BCUT2D eigenvalue weighted by atomic mass is 9.81. The Kier molecular flexibility index (Phi) is 6.91. The zero-order chi connectivity index (χ0) is 34.8. The van der Waals surface area contributed by atoms with E-state index < -0.39 is 0 Å². The minimum Gasteiger partial charge on any atom is -0.310 e. The third-order valence-electron chi connectivity index (χ3n) is 11.2. The van der Waals surface area contributed by atoms with Gasteiger partial charge in [0.15, 0.2) is 0 Å². The maximum Gasteiger partial charge on any atom is 0.0465 e. The summed E-state index contributed by atoms with van der Waals surface area (Å²) >= 11 is 0. The lowest BCUT2D eigenvalue weighted by molar-refractivity contribution is 0.660. The molecule has 0 N–H and O–H groups in total. The van der Waals surface area contributed by atoms with E-state index in [9.17, 15) is 0 Å². The zero-order valence-electron chi connectivity index (χ0n) is 29.3. The predicted molar refractivity (Wildman–Crippen MR) is 222 cm³/mol. The lowest BCUT2D eigenvalue weighted by Gasteiger charge is -2.28. The van der Waals surface area contributed by atoms with Crippen LogP contribution in [0.15, 0.2) is 188 Å². The molecule has 1 aliphatic rings. The summed E-state index contributed by atoms with van der Waals surface area (Å²) in [6, 6.07) is 69.1. The SMILES string of the molecule is CC1(C)c2cc(-c3cc4ccccc4c4ccccc34)ccc2-c2ccc(N(c3ccccc3)c3ccc(-c4ccc5ccccc5c4)cc3)cc21. The second kappa shape index (κ2) is 11.8. The maximum absolute atomic E-state index is 2.45. The normalized spacial score (nSPS) is 13.0. The van der Waals surface area contributed by atoms with Gasteiger partial charge in [-0.25, -0.2) is 0 Å². The summed E-state index contributed by atoms with van der Waals surface area (Å²) in [4.78, 5) is 2.39. The highest BCUT2D eigenvalue weighted by Crippen LogP contribution is 2.52. The summed E-state index contributed by atoms with van der Waals surface area (Å²) in [6.07, 6.45) is 0. The summed E-state index contributed by atoms with van der Waals surface area (Å²) in [5.74, 6) is 0. The molecule has 0 unspecified atom stereocenters. The largest absolute Gasteiger partial charge is 0.310 e. The van der Waals surface area contributed by atoms with Crippen LogP contribution in [-0.4, -0.2) is 0 Å². The minimum absolute atomic E-state index is 0.175. The summed E-state index contributed by atoms with van der Waals surface area (Å²) < 4.78 is 0. The number of rotatable bonds is 5. The molecule has 0 aliphatic heterocycles. The summed E-state index contributed by atoms with van der Waals surface area (Å²) in [5.41, 5.74) is 13.6. The molecule has 10 rings (SSSR count). The molecular weight excluding hydrogens is 627 g/mol. The number of nitrogens with zero attached hydrogens (tertiary/aromatic N) is 1. The van der Waals surface area contributed by atoms with Gasteiger partial charge in [0.25, 0.3) is 0 Å². The van der Waals surface area contributed by atoms with E-state index in [2.05, 4.69) is 207 Å². The number of benzene rings is 9. The number of para-hydroxylation sites is 1. The summed E-state index contributed by atoms with van der Waals surface area (Å²) in [5, 5.41) is 7.69. The zero-order valence-corrected chi connectivity index (χ0v) is 29.3. The van der Waals surface area contributed by atoms with Crippen molar-refractivity contribution < 1.29 is 0 Å². The molecule has 0 saturated heterocycles. The molecule has 0 saturated carbocycles. The van der Waals surface area contributed by atoms with Gasteiger partial charge in [0.1, 0.15) is 0 Å². The van der Waals surface area contributed by atoms with Gasteiger partial charge in [-0.15, -0.1) is 0 Å². The van der Waals surface area contributed by atoms with Crippen molar-refractivity contribution in [1.82, 2.24) is 0 Å². The second-order valence-electron chi connectivity index (χ2n) is 14.6. The monoisotopic (exact) mass is 663 g/mol. The molecule has 0 heterocycles. The van der Waals surface area contributed by atoms with Crippen molar-refractivity contribution >= 4 is 49.4 Å². The number of anilines is 3. The van der Waals surface area contributed by atoms with Crippen LogP contribution >= 0.6 is 0 Å². The lowest BCUT2D eigenvalue weighted by Crippen LogP contribution is -2.16. The van der Waals surface area contributed by atoms with E-state index >= 15 is 0 Å². The van der Waals surface area contributed by atoms with E-state index in [1.54, 1.807) is 0 Å². The van der Waals surface area contributed by atoms with Crippen molar-refractivity contribution in [1.29, 1.82) is 0 Å². The van der Waals surface area contributed by atoms with Crippen LogP contribution < -0.4 is 4.90 Å². The Hall–Kier alpha value is -6.44. The van der Waals surface area contributed by atoms with Gasteiger partial charge in [-0.05, 0) is 131 Å². The Bertz CT molecular complexity index is 2810. The fraction of sp³-hybridized carbons (Fsp3) is 0.0588. The van der Waals surface area contributed by atoms with Crippen LogP contribution in [0.4, 0.5) is 17.1 Å². The van der Waals surface area contributed by atoms with Gasteiger partial charge in [-0.3, -0.25) is 0 Å².